The van der Waals surface area contributed by atoms with E-state index in [1.54, 1.807) is 28.2 Å². The van der Waals surface area contributed by atoms with E-state index < -0.39 is 40.6 Å². The standard InChI is InChI=1S/C24H34O6.2C3H7NO/c1-12(2)14-11-24-9-6-15-22(3,7-5-8-23(15,4)21(29)30)16(24)10-13(14)17(19(25)26)18(24)20(27)28;2*1-4(2)3-5/h11-13,15-18H,5-10H2,1-4H3,(H,25,26)(H,27,28)(H,29,30);2*3H,1-2H3/t13-,15+,16+,17-,18-,22-,23+,24-;;/m0../s1. The molecule has 0 unspecified atom stereocenters. The SMILES string of the molecule is CC(C)C1=C[C@@]23CC[C@@H]4[C@](C)(CCC[C@@]4(C)C(=O)O)[C@H]2C[C@@H]1[C@H](C(=O)O)[C@H]3C(=O)O.CN(C)C=O.CN(C)C=O. The molecule has 40 heavy (non-hydrogen) atoms. The van der Waals surface area contributed by atoms with Crippen LogP contribution in [0.3, 0.4) is 0 Å². The van der Waals surface area contributed by atoms with Crippen LogP contribution in [0.25, 0.3) is 0 Å². The van der Waals surface area contributed by atoms with Crippen molar-refractivity contribution in [2.45, 2.75) is 66.2 Å². The van der Waals surface area contributed by atoms with Crippen molar-refractivity contribution in [2.75, 3.05) is 28.2 Å². The van der Waals surface area contributed by atoms with Crippen molar-refractivity contribution in [1.82, 2.24) is 9.80 Å². The molecule has 5 aliphatic rings. The van der Waals surface area contributed by atoms with Crippen LogP contribution in [0.15, 0.2) is 11.6 Å². The van der Waals surface area contributed by atoms with Crippen LogP contribution in [0.5, 0.6) is 0 Å². The van der Waals surface area contributed by atoms with Gasteiger partial charge in [-0.1, -0.05) is 38.8 Å². The van der Waals surface area contributed by atoms with Crippen LogP contribution in [-0.2, 0) is 24.0 Å². The Hall–Kier alpha value is -2.91. The summed E-state index contributed by atoms with van der Waals surface area (Å²) in [7, 11) is 6.75. The van der Waals surface area contributed by atoms with Gasteiger partial charge in [-0.25, -0.2) is 0 Å². The molecule has 5 rings (SSSR count). The summed E-state index contributed by atoms with van der Waals surface area (Å²) in [6.07, 6.45) is 7.86. The van der Waals surface area contributed by atoms with Crippen molar-refractivity contribution < 1.29 is 39.3 Å². The summed E-state index contributed by atoms with van der Waals surface area (Å²) in [6.45, 7) is 8.15. The highest BCUT2D eigenvalue weighted by atomic mass is 16.4. The minimum Gasteiger partial charge on any atom is -0.481 e. The number of aliphatic carboxylic acids is 3. The van der Waals surface area contributed by atoms with Gasteiger partial charge in [0.1, 0.15) is 0 Å². The van der Waals surface area contributed by atoms with Gasteiger partial charge < -0.3 is 25.1 Å². The third-order valence-corrected chi connectivity index (χ3v) is 10.1. The van der Waals surface area contributed by atoms with Crippen molar-refractivity contribution in [3.63, 3.8) is 0 Å². The van der Waals surface area contributed by atoms with E-state index in [2.05, 4.69) is 26.8 Å². The first-order valence-corrected chi connectivity index (χ1v) is 14.1. The number of nitrogens with zero attached hydrogens (tertiary/aromatic N) is 2. The van der Waals surface area contributed by atoms with Crippen LogP contribution in [0, 0.1) is 51.8 Å². The first kappa shape index (κ1) is 33.3. The molecule has 10 nitrogen and oxygen atoms in total. The molecule has 10 heteroatoms. The fourth-order valence-electron chi connectivity index (χ4n) is 8.56. The number of hydrogen-bond donors (Lipinski definition) is 3. The summed E-state index contributed by atoms with van der Waals surface area (Å²) >= 11 is 0. The third-order valence-electron chi connectivity index (χ3n) is 10.1. The Bertz CT molecular complexity index is 1010. The second-order valence-electron chi connectivity index (χ2n) is 13.3. The van der Waals surface area contributed by atoms with E-state index in [1.807, 2.05) is 6.92 Å². The lowest BCUT2D eigenvalue weighted by molar-refractivity contribution is -0.207. The molecule has 0 heterocycles. The second-order valence-corrected chi connectivity index (χ2v) is 13.3. The van der Waals surface area contributed by atoms with E-state index in [0.717, 1.165) is 31.2 Å². The van der Waals surface area contributed by atoms with Gasteiger partial charge in [0.05, 0.1) is 17.3 Å². The van der Waals surface area contributed by atoms with Crippen LogP contribution in [0.2, 0.25) is 0 Å². The number of rotatable bonds is 6. The Labute approximate surface area is 237 Å². The molecule has 0 aromatic carbocycles. The van der Waals surface area contributed by atoms with E-state index in [9.17, 15) is 39.3 Å². The summed E-state index contributed by atoms with van der Waals surface area (Å²) in [4.78, 5) is 58.8. The van der Waals surface area contributed by atoms with Crippen LogP contribution < -0.4 is 0 Å². The molecular weight excluding hydrogens is 516 g/mol. The van der Waals surface area contributed by atoms with Crippen LogP contribution in [0.4, 0.5) is 0 Å². The monoisotopic (exact) mass is 564 g/mol. The predicted molar refractivity (Wildman–Crippen MR) is 149 cm³/mol. The lowest BCUT2D eigenvalue weighted by Gasteiger charge is -2.68. The minimum atomic E-state index is -1.02. The summed E-state index contributed by atoms with van der Waals surface area (Å²) < 4.78 is 0. The molecule has 0 aromatic rings. The van der Waals surface area contributed by atoms with Crippen molar-refractivity contribution >= 4 is 30.7 Å². The van der Waals surface area contributed by atoms with Crippen molar-refractivity contribution in [2.24, 2.45) is 51.8 Å². The minimum absolute atomic E-state index is 0.00641. The summed E-state index contributed by atoms with van der Waals surface area (Å²) in [5.74, 6) is -4.76. The van der Waals surface area contributed by atoms with Gasteiger partial charge in [-0.05, 0) is 68.1 Å². The molecule has 0 aromatic heterocycles. The van der Waals surface area contributed by atoms with Crippen LogP contribution in [0.1, 0.15) is 66.2 Å². The molecule has 1 spiro atoms. The second kappa shape index (κ2) is 12.3. The predicted octanol–water partition coefficient (Wildman–Crippen LogP) is 3.71. The van der Waals surface area contributed by atoms with Crippen molar-refractivity contribution in [3.05, 3.63) is 11.6 Å². The Morgan fingerprint density at radius 3 is 1.82 bits per heavy atom. The molecule has 0 radical (unpaired) electrons. The highest BCUT2D eigenvalue weighted by Gasteiger charge is 2.71. The zero-order chi connectivity index (χ0) is 30.8. The van der Waals surface area contributed by atoms with Crippen LogP contribution >= 0.6 is 0 Å². The van der Waals surface area contributed by atoms with Gasteiger partial charge in [0.25, 0.3) is 0 Å². The molecular formula is C30H48N2O8. The lowest BCUT2D eigenvalue weighted by Crippen LogP contribution is -2.66. The van der Waals surface area contributed by atoms with E-state index in [1.165, 1.54) is 9.80 Å². The normalized spacial score (nSPS) is 37.1. The number of carboxylic acids is 3. The Morgan fingerprint density at radius 2 is 1.43 bits per heavy atom. The third kappa shape index (κ3) is 5.77. The first-order chi connectivity index (χ1) is 18.4. The number of carbonyl (C=O) groups excluding carboxylic acids is 2. The summed E-state index contributed by atoms with van der Waals surface area (Å²) in [5, 5.41) is 30.3. The molecule has 3 fully saturated rings. The lowest BCUT2D eigenvalue weighted by atomic mass is 9.34. The summed E-state index contributed by atoms with van der Waals surface area (Å²) in [5.41, 5.74) is -0.709. The molecule has 3 saturated carbocycles. The largest absolute Gasteiger partial charge is 0.481 e. The van der Waals surface area contributed by atoms with E-state index in [0.29, 0.717) is 25.7 Å². The van der Waals surface area contributed by atoms with E-state index in [-0.39, 0.29) is 29.1 Å². The quantitative estimate of drug-likeness (QED) is 0.326. The first-order valence-electron chi connectivity index (χ1n) is 14.1. The topological polar surface area (TPSA) is 153 Å². The zero-order valence-corrected chi connectivity index (χ0v) is 25.2. The van der Waals surface area contributed by atoms with Crippen molar-refractivity contribution in [3.8, 4) is 0 Å². The van der Waals surface area contributed by atoms with Crippen LogP contribution in [-0.4, -0.2) is 84.0 Å². The zero-order valence-electron chi connectivity index (χ0n) is 25.2. The molecule has 8 atom stereocenters. The van der Waals surface area contributed by atoms with Gasteiger partial charge in [-0.3, -0.25) is 24.0 Å². The van der Waals surface area contributed by atoms with Crippen molar-refractivity contribution in [1.29, 1.82) is 0 Å². The Kier molecular flexibility index (Phi) is 10.2. The maximum absolute atomic E-state index is 12.5. The molecule has 5 aliphatic carbocycles. The van der Waals surface area contributed by atoms with Gasteiger partial charge >= 0.3 is 17.9 Å². The maximum Gasteiger partial charge on any atom is 0.309 e. The molecule has 226 valence electrons. The molecule has 3 N–H and O–H groups in total. The summed E-state index contributed by atoms with van der Waals surface area (Å²) in [6, 6.07) is 0. The van der Waals surface area contributed by atoms with Gasteiger partial charge in [0, 0.05) is 33.6 Å². The fraction of sp³-hybridized carbons (Fsp3) is 0.767. The fourth-order valence-corrected chi connectivity index (χ4v) is 8.56. The van der Waals surface area contributed by atoms with E-state index in [4.69, 9.17) is 0 Å². The average molecular weight is 565 g/mol. The van der Waals surface area contributed by atoms with Gasteiger partial charge in [-0.15, -0.1) is 0 Å². The number of allylic oxidation sites excluding steroid dienone is 2. The van der Waals surface area contributed by atoms with Gasteiger partial charge in [0.2, 0.25) is 12.8 Å². The Morgan fingerprint density at radius 1 is 0.900 bits per heavy atom. The number of carbonyl (C=O) groups is 5. The molecule has 2 amide bonds. The number of hydrogen-bond acceptors (Lipinski definition) is 5. The Balaban J connectivity index is 0.000000482. The number of amides is 2. The smallest absolute Gasteiger partial charge is 0.309 e. The molecule has 0 aliphatic heterocycles. The molecule has 2 bridgehead atoms. The highest BCUT2D eigenvalue weighted by Crippen LogP contribution is 2.73. The van der Waals surface area contributed by atoms with E-state index >= 15 is 0 Å². The highest BCUT2D eigenvalue weighted by molar-refractivity contribution is 5.83. The van der Waals surface area contributed by atoms with Gasteiger partial charge in [0.15, 0.2) is 0 Å². The molecule has 0 saturated heterocycles. The maximum atomic E-state index is 12.5. The average Bonchev–Trinajstić information content (AvgIpc) is 2.87. The number of carboxylic acid groups (broad SMARTS) is 3. The van der Waals surface area contributed by atoms with Gasteiger partial charge in [-0.2, -0.15) is 0 Å². The number of fused-ring (bicyclic) bond motifs is 2.